The maximum atomic E-state index is 12.7. The van der Waals surface area contributed by atoms with Crippen molar-refractivity contribution < 1.29 is 19.3 Å². The van der Waals surface area contributed by atoms with Crippen LogP contribution in [0.1, 0.15) is 45.5 Å². The molecule has 0 spiro atoms. The summed E-state index contributed by atoms with van der Waals surface area (Å²) in [6.07, 6.45) is 2.46. The lowest BCUT2D eigenvalue weighted by molar-refractivity contribution is -0.385. The lowest BCUT2D eigenvalue weighted by Gasteiger charge is -2.43. The number of fused-ring (bicyclic) bond motifs is 1. The van der Waals surface area contributed by atoms with Crippen molar-refractivity contribution in [3.8, 4) is 0 Å². The van der Waals surface area contributed by atoms with Gasteiger partial charge in [-0.1, -0.05) is 34.1 Å². The van der Waals surface area contributed by atoms with E-state index in [2.05, 4.69) is 21.2 Å². The molecular weight excluding hydrogens is 442 g/mol. The van der Waals surface area contributed by atoms with Crippen LogP contribution >= 0.6 is 15.9 Å². The summed E-state index contributed by atoms with van der Waals surface area (Å²) in [6.45, 7) is -0.487. The van der Waals surface area contributed by atoms with Crippen LogP contribution in [0.15, 0.2) is 46.9 Å². The summed E-state index contributed by atoms with van der Waals surface area (Å²) in [5.41, 5.74) is -0.341. The zero-order chi connectivity index (χ0) is 20.8. The highest BCUT2D eigenvalue weighted by Crippen LogP contribution is 2.42. The number of nitro benzene ring substituents is 1. The molecule has 0 atom stereocenters. The summed E-state index contributed by atoms with van der Waals surface area (Å²) in [5.74, 6) is -2.01. The highest BCUT2D eigenvalue weighted by Gasteiger charge is 2.44. The molecule has 0 radical (unpaired) electrons. The lowest BCUT2D eigenvalue weighted by atomic mass is 9.72. The van der Waals surface area contributed by atoms with E-state index in [0.717, 1.165) is 34.2 Å². The van der Waals surface area contributed by atoms with Gasteiger partial charge in [0.1, 0.15) is 12.1 Å². The van der Waals surface area contributed by atoms with Gasteiger partial charge in [0.15, 0.2) is 0 Å². The van der Waals surface area contributed by atoms with Crippen molar-refractivity contribution >= 4 is 39.3 Å². The van der Waals surface area contributed by atoms with Gasteiger partial charge in [-0.25, -0.2) is 0 Å². The Balaban J connectivity index is 1.55. The van der Waals surface area contributed by atoms with Crippen molar-refractivity contribution in [2.45, 2.75) is 24.8 Å². The predicted molar refractivity (Wildman–Crippen MR) is 106 cm³/mol. The third kappa shape index (κ3) is 3.21. The molecule has 8 nitrogen and oxygen atoms in total. The van der Waals surface area contributed by atoms with Crippen molar-refractivity contribution in [3.63, 3.8) is 0 Å². The zero-order valence-corrected chi connectivity index (χ0v) is 16.8. The van der Waals surface area contributed by atoms with E-state index >= 15 is 0 Å². The van der Waals surface area contributed by atoms with Crippen LogP contribution < -0.4 is 5.32 Å². The van der Waals surface area contributed by atoms with Gasteiger partial charge in [-0.3, -0.25) is 29.4 Å². The number of benzene rings is 2. The maximum absolute atomic E-state index is 12.7. The molecular formula is C20H16BrN3O5. The van der Waals surface area contributed by atoms with E-state index in [1.807, 2.05) is 24.3 Å². The van der Waals surface area contributed by atoms with Crippen LogP contribution in [0.2, 0.25) is 0 Å². The number of amides is 3. The highest BCUT2D eigenvalue weighted by molar-refractivity contribution is 9.10. The first-order valence-corrected chi connectivity index (χ1v) is 9.82. The third-order valence-corrected chi connectivity index (χ3v) is 5.93. The predicted octanol–water partition coefficient (Wildman–Crippen LogP) is 3.15. The number of nitro groups is 1. The Morgan fingerprint density at radius 1 is 1.17 bits per heavy atom. The molecule has 0 aromatic heterocycles. The summed E-state index contributed by atoms with van der Waals surface area (Å²) in [5, 5.41) is 14.2. The van der Waals surface area contributed by atoms with Crippen LogP contribution in [0.25, 0.3) is 0 Å². The number of carbonyl (C=O) groups is 3. The molecule has 0 unspecified atom stereocenters. The van der Waals surface area contributed by atoms with Gasteiger partial charge in [0.05, 0.1) is 16.0 Å². The maximum Gasteiger partial charge on any atom is 0.282 e. The van der Waals surface area contributed by atoms with Crippen molar-refractivity contribution in [1.82, 2.24) is 10.2 Å². The van der Waals surface area contributed by atoms with Crippen LogP contribution in [-0.2, 0) is 10.3 Å². The topological polar surface area (TPSA) is 110 Å². The second kappa shape index (κ2) is 7.07. The van der Waals surface area contributed by atoms with Crippen LogP contribution in [0.5, 0.6) is 0 Å². The molecule has 0 saturated heterocycles. The number of hydrogen-bond acceptors (Lipinski definition) is 5. The van der Waals surface area contributed by atoms with E-state index < -0.39 is 40.4 Å². The molecule has 1 aliphatic heterocycles. The van der Waals surface area contributed by atoms with Crippen LogP contribution in [0, 0.1) is 10.1 Å². The van der Waals surface area contributed by atoms with E-state index in [1.165, 1.54) is 18.2 Å². The quantitative estimate of drug-likeness (QED) is 0.421. The number of carbonyl (C=O) groups excluding carboxylic acids is 3. The second-order valence-electron chi connectivity index (χ2n) is 7.15. The number of halogens is 1. The van der Waals surface area contributed by atoms with Crippen molar-refractivity contribution in [2.24, 2.45) is 0 Å². The Hall–Kier alpha value is -3.07. The fraction of sp³-hybridized carbons (Fsp3) is 0.250. The fourth-order valence-corrected chi connectivity index (χ4v) is 4.26. The van der Waals surface area contributed by atoms with Gasteiger partial charge in [-0.05, 0) is 43.0 Å². The Morgan fingerprint density at radius 2 is 1.90 bits per heavy atom. The van der Waals surface area contributed by atoms with E-state index in [4.69, 9.17) is 0 Å². The summed E-state index contributed by atoms with van der Waals surface area (Å²) in [4.78, 5) is 49.2. The zero-order valence-electron chi connectivity index (χ0n) is 15.2. The van der Waals surface area contributed by atoms with Gasteiger partial charge < -0.3 is 5.32 Å². The Morgan fingerprint density at radius 3 is 2.52 bits per heavy atom. The summed E-state index contributed by atoms with van der Waals surface area (Å²) in [7, 11) is 0. The molecule has 9 heteroatoms. The summed E-state index contributed by atoms with van der Waals surface area (Å²) >= 11 is 3.43. The number of nitrogens with zero attached hydrogens (tertiary/aromatic N) is 2. The Kier molecular flexibility index (Phi) is 4.70. The number of imide groups is 1. The lowest BCUT2D eigenvalue weighted by Crippen LogP contribution is -2.53. The minimum Gasteiger partial charge on any atom is -0.345 e. The SMILES string of the molecule is O=C(CN1C(=O)c2cccc([N+](=O)[O-])c2C1=O)NC1(c2cccc(Br)c2)CCC1. The number of hydrogen-bond donors (Lipinski definition) is 1. The largest absolute Gasteiger partial charge is 0.345 e. The van der Waals surface area contributed by atoms with Gasteiger partial charge >= 0.3 is 0 Å². The van der Waals surface area contributed by atoms with Crippen molar-refractivity contribution in [2.75, 3.05) is 6.54 Å². The molecule has 2 aromatic rings. The van der Waals surface area contributed by atoms with Gasteiger partial charge in [0.2, 0.25) is 5.91 Å². The van der Waals surface area contributed by atoms with Gasteiger partial charge in [0.25, 0.3) is 17.5 Å². The molecule has 4 rings (SSSR count). The molecule has 1 aliphatic carbocycles. The highest BCUT2D eigenvalue weighted by atomic mass is 79.9. The van der Waals surface area contributed by atoms with Crippen LogP contribution in [0.3, 0.4) is 0 Å². The summed E-state index contributed by atoms with van der Waals surface area (Å²) in [6, 6.07) is 11.5. The average molecular weight is 458 g/mol. The minimum absolute atomic E-state index is 0.0534. The molecule has 3 amide bonds. The van der Waals surface area contributed by atoms with Gasteiger partial charge in [-0.15, -0.1) is 0 Å². The second-order valence-corrected chi connectivity index (χ2v) is 8.06. The average Bonchev–Trinajstić information content (AvgIpc) is 2.89. The molecule has 29 heavy (non-hydrogen) atoms. The standard InChI is InChI=1S/C20H16BrN3O5/c21-13-5-1-4-12(10-13)20(8-3-9-20)22-16(25)11-23-18(26)14-6-2-7-15(24(28)29)17(14)19(23)27/h1-2,4-7,10H,3,8-9,11H2,(H,22,25). The third-order valence-electron chi connectivity index (χ3n) is 5.44. The molecule has 1 fully saturated rings. The number of nitrogens with one attached hydrogen (secondary N) is 1. The summed E-state index contributed by atoms with van der Waals surface area (Å²) < 4.78 is 0.892. The van der Waals surface area contributed by atoms with Crippen molar-refractivity contribution in [3.05, 3.63) is 73.7 Å². The minimum atomic E-state index is -0.822. The smallest absolute Gasteiger partial charge is 0.282 e. The van der Waals surface area contributed by atoms with Crippen LogP contribution in [0.4, 0.5) is 5.69 Å². The van der Waals surface area contributed by atoms with Crippen LogP contribution in [-0.4, -0.2) is 34.1 Å². The molecule has 1 saturated carbocycles. The molecule has 0 bridgehead atoms. The first-order valence-electron chi connectivity index (χ1n) is 9.03. The molecule has 2 aliphatic rings. The van der Waals surface area contributed by atoms with Crippen molar-refractivity contribution in [1.29, 1.82) is 0 Å². The Bertz CT molecular complexity index is 1060. The monoisotopic (exact) mass is 457 g/mol. The molecule has 148 valence electrons. The van der Waals surface area contributed by atoms with E-state index in [-0.39, 0.29) is 11.1 Å². The van der Waals surface area contributed by atoms with Gasteiger partial charge in [-0.2, -0.15) is 0 Å². The fourth-order valence-electron chi connectivity index (χ4n) is 3.86. The van der Waals surface area contributed by atoms with Gasteiger partial charge in [0, 0.05) is 10.5 Å². The first kappa shape index (κ1) is 19.3. The first-order chi connectivity index (χ1) is 13.8. The molecule has 1 N–H and O–H groups in total. The normalized spacial score (nSPS) is 16.9. The molecule has 1 heterocycles. The Labute approximate surface area is 174 Å². The number of rotatable bonds is 5. The van der Waals surface area contributed by atoms with E-state index in [9.17, 15) is 24.5 Å². The van der Waals surface area contributed by atoms with E-state index in [0.29, 0.717) is 0 Å². The molecule has 2 aromatic carbocycles. The van der Waals surface area contributed by atoms with E-state index in [1.54, 1.807) is 0 Å².